The van der Waals surface area contributed by atoms with Gasteiger partial charge in [0, 0.05) is 21.9 Å². The van der Waals surface area contributed by atoms with Gasteiger partial charge in [0.2, 0.25) is 11.8 Å². The van der Waals surface area contributed by atoms with Crippen molar-refractivity contribution in [2.45, 2.75) is 6.92 Å². The minimum absolute atomic E-state index is 0.0845. The molecule has 7 nitrogen and oxygen atoms in total. The van der Waals surface area contributed by atoms with E-state index in [-0.39, 0.29) is 24.9 Å². The summed E-state index contributed by atoms with van der Waals surface area (Å²) in [5, 5.41) is 5.67. The van der Waals surface area contributed by atoms with Crippen molar-refractivity contribution >= 4 is 39.1 Å². The Morgan fingerprint density at radius 2 is 1.68 bits per heavy atom. The van der Waals surface area contributed by atoms with E-state index in [0.717, 1.165) is 15.7 Å². The first-order chi connectivity index (χ1) is 13.4. The average molecular weight is 448 g/mol. The summed E-state index contributed by atoms with van der Waals surface area (Å²) in [6.07, 6.45) is 0. The number of hydrogen-bond acceptors (Lipinski definition) is 5. The summed E-state index contributed by atoms with van der Waals surface area (Å²) < 4.78 is 11.9. The third-order valence-electron chi connectivity index (χ3n) is 4.12. The van der Waals surface area contributed by atoms with Gasteiger partial charge < -0.3 is 20.1 Å². The van der Waals surface area contributed by atoms with E-state index in [1.807, 2.05) is 25.1 Å². The summed E-state index contributed by atoms with van der Waals surface area (Å²) in [5.74, 6) is 0.884. The number of amides is 2. The largest absolute Gasteiger partial charge is 0.486 e. The lowest BCUT2D eigenvalue weighted by Gasteiger charge is -2.20. The molecule has 0 bridgehead atoms. The van der Waals surface area contributed by atoms with Crippen LogP contribution in [0.25, 0.3) is 0 Å². The highest BCUT2D eigenvalue weighted by Crippen LogP contribution is 2.32. The molecule has 0 unspecified atom stereocenters. The van der Waals surface area contributed by atoms with Crippen LogP contribution in [0.2, 0.25) is 0 Å². The highest BCUT2D eigenvalue weighted by molar-refractivity contribution is 9.10. The van der Waals surface area contributed by atoms with Crippen LogP contribution in [-0.4, -0.2) is 50.1 Å². The van der Waals surface area contributed by atoms with Gasteiger partial charge in [0.15, 0.2) is 11.5 Å². The third kappa shape index (κ3) is 5.46. The minimum atomic E-state index is -0.216. The first-order valence-electron chi connectivity index (χ1n) is 8.85. The van der Waals surface area contributed by atoms with Crippen LogP contribution < -0.4 is 20.1 Å². The average Bonchev–Trinajstić information content (AvgIpc) is 2.63. The molecule has 2 amide bonds. The second-order valence-electron chi connectivity index (χ2n) is 6.59. The second-order valence-corrected chi connectivity index (χ2v) is 7.50. The maximum absolute atomic E-state index is 12.3. The molecular weight excluding hydrogens is 426 g/mol. The lowest BCUT2D eigenvalue weighted by atomic mass is 10.2. The van der Waals surface area contributed by atoms with E-state index in [0.29, 0.717) is 30.4 Å². The van der Waals surface area contributed by atoms with Crippen molar-refractivity contribution in [2.75, 3.05) is 44.0 Å². The molecule has 2 aromatic carbocycles. The van der Waals surface area contributed by atoms with Gasteiger partial charge in [-0.3, -0.25) is 14.5 Å². The first-order valence-corrected chi connectivity index (χ1v) is 9.64. The van der Waals surface area contributed by atoms with E-state index in [2.05, 4.69) is 26.6 Å². The third-order valence-corrected chi connectivity index (χ3v) is 4.61. The van der Waals surface area contributed by atoms with Gasteiger partial charge in [-0.05, 0) is 49.9 Å². The van der Waals surface area contributed by atoms with E-state index in [9.17, 15) is 9.59 Å². The molecule has 0 fully saturated rings. The summed E-state index contributed by atoms with van der Waals surface area (Å²) >= 11 is 3.40. The van der Waals surface area contributed by atoms with Crippen LogP contribution in [0.5, 0.6) is 11.5 Å². The predicted molar refractivity (Wildman–Crippen MR) is 111 cm³/mol. The van der Waals surface area contributed by atoms with Gasteiger partial charge in [-0.15, -0.1) is 0 Å². The van der Waals surface area contributed by atoms with Gasteiger partial charge >= 0.3 is 0 Å². The molecule has 3 rings (SSSR count). The van der Waals surface area contributed by atoms with Gasteiger partial charge in [0.05, 0.1) is 13.1 Å². The number of ether oxygens (including phenoxy) is 2. The van der Waals surface area contributed by atoms with Crippen LogP contribution in [0.1, 0.15) is 5.56 Å². The Kier molecular flexibility index (Phi) is 6.53. The Hall–Kier alpha value is -2.58. The van der Waals surface area contributed by atoms with Gasteiger partial charge in [-0.2, -0.15) is 0 Å². The van der Waals surface area contributed by atoms with E-state index in [1.54, 1.807) is 30.1 Å². The number of nitrogens with zero attached hydrogens (tertiary/aromatic N) is 1. The summed E-state index contributed by atoms with van der Waals surface area (Å²) in [4.78, 5) is 26.1. The molecule has 1 aliphatic heterocycles. The number of likely N-dealkylation sites (N-methyl/N-ethyl adjacent to an activating group) is 1. The van der Waals surface area contributed by atoms with Crippen LogP contribution in [0.15, 0.2) is 40.9 Å². The Morgan fingerprint density at radius 1 is 1.00 bits per heavy atom. The Bertz CT molecular complexity index is 888. The lowest BCUT2D eigenvalue weighted by molar-refractivity contribution is -0.119. The minimum Gasteiger partial charge on any atom is -0.486 e. The number of carbonyl (C=O) groups excluding carboxylic acids is 2. The molecular formula is C20H22BrN3O4. The predicted octanol–water partition coefficient (Wildman–Crippen LogP) is 3.04. The summed E-state index contributed by atoms with van der Waals surface area (Å²) in [6.45, 7) is 3.11. The number of fused-ring (bicyclic) bond motifs is 1. The number of aryl methyl sites for hydroxylation is 1. The SMILES string of the molecule is Cc1cc(Br)ccc1NC(=O)CN(C)CC(=O)Nc1ccc2c(c1)OCCO2. The summed E-state index contributed by atoms with van der Waals surface area (Å²) in [5.41, 5.74) is 2.33. The van der Waals surface area contributed by atoms with Gasteiger partial charge in [0.1, 0.15) is 13.2 Å². The Morgan fingerprint density at radius 3 is 2.39 bits per heavy atom. The number of rotatable bonds is 6. The Labute approximate surface area is 172 Å². The molecule has 2 aromatic rings. The molecule has 0 aromatic heterocycles. The van der Waals surface area contributed by atoms with Crippen LogP contribution in [0.3, 0.4) is 0 Å². The lowest BCUT2D eigenvalue weighted by Crippen LogP contribution is -2.36. The molecule has 0 aliphatic carbocycles. The van der Waals surface area contributed by atoms with Crippen LogP contribution in [-0.2, 0) is 9.59 Å². The van der Waals surface area contributed by atoms with E-state index in [1.165, 1.54) is 0 Å². The smallest absolute Gasteiger partial charge is 0.238 e. The van der Waals surface area contributed by atoms with Crippen molar-refractivity contribution in [1.82, 2.24) is 4.90 Å². The van der Waals surface area contributed by atoms with Crippen molar-refractivity contribution in [1.29, 1.82) is 0 Å². The van der Waals surface area contributed by atoms with E-state index in [4.69, 9.17) is 9.47 Å². The highest BCUT2D eigenvalue weighted by atomic mass is 79.9. The fourth-order valence-corrected chi connectivity index (χ4v) is 3.30. The van der Waals surface area contributed by atoms with Gasteiger partial charge in [-0.1, -0.05) is 15.9 Å². The zero-order valence-corrected chi connectivity index (χ0v) is 17.3. The zero-order valence-electron chi connectivity index (χ0n) is 15.8. The second kappa shape index (κ2) is 9.07. The highest BCUT2D eigenvalue weighted by Gasteiger charge is 2.15. The zero-order chi connectivity index (χ0) is 20.1. The molecule has 1 heterocycles. The van der Waals surface area contributed by atoms with Gasteiger partial charge in [-0.25, -0.2) is 0 Å². The fraction of sp³-hybridized carbons (Fsp3) is 0.300. The van der Waals surface area contributed by atoms with Crippen molar-refractivity contribution < 1.29 is 19.1 Å². The summed E-state index contributed by atoms with van der Waals surface area (Å²) in [6, 6.07) is 10.9. The maximum Gasteiger partial charge on any atom is 0.238 e. The number of halogens is 1. The molecule has 28 heavy (non-hydrogen) atoms. The maximum atomic E-state index is 12.3. The van der Waals surface area contributed by atoms with Crippen molar-refractivity contribution in [2.24, 2.45) is 0 Å². The molecule has 0 atom stereocenters. The number of benzene rings is 2. The summed E-state index contributed by atoms with van der Waals surface area (Å²) in [7, 11) is 1.72. The van der Waals surface area contributed by atoms with Crippen molar-refractivity contribution in [3.8, 4) is 11.5 Å². The number of anilines is 2. The molecule has 0 radical (unpaired) electrons. The monoisotopic (exact) mass is 447 g/mol. The molecule has 1 aliphatic rings. The normalized spacial score (nSPS) is 12.6. The van der Waals surface area contributed by atoms with Crippen LogP contribution in [0.4, 0.5) is 11.4 Å². The molecule has 0 saturated heterocycles. The fourth-order valence-electron chi connectivity index (χ4n) is 2.82. The first kappa shape index (κ1) is 20.2. The quantitative estimate of drug-likeness (QED) is 0.711. The molecule has 148 valence electrons. The van der Waals surface area contributed by atoms with Crippen molar-refractivity contribution in [3.05, 3.63) is 46.4 Å². The molecule has 8 heteroatoms. The topological polar surface area (TPSA) is 79.9 Å². The molecule has 0 spiro atoms. The number of carbonyl (C=O) groups is 2. The van der Waals surface area contributed by atoms with Crippen LogP contribution in [0, 0.1) is 6.92 Å². The van der Waals surface area contributed by atoms with Gasteiger partial charge in [0.25, 0.3) is 0 Å². The molecule has 0 saturated carbocycles. The van der Waals surface area contributed by atoms with Crippen LogP contribution >= 0.6 is 15.9 Å². The van der Waals surface area contributed by atoms with E-state index >= 15 is 0 Å². The standard InChI is InChI=1S/C20H22BrN3O4/c1-13-9-14(21)3-5-16(13)23-20(26)12-24(2)11-19(25)22-15-4-6-17-18(10-15)28-8-7-27-17/h3-6,9-10H,7-8,11-12H2,1-2H3,(H,22,25)(H,23,26). The number of hydrogen-bond donors (Lipinski definition) is 2. The van der Waals surface area contributed by atoms with Crippen molar-refractivity contribution in [3.63, 3.8) is 0 Å². The molecule has 2 N–H and O–H groups in total. The Balaban J connectivity index is 1.49. The van der Waals surface area contributed by atoms with E-state index < -0.39 is 0 Å². The number of nitrogens with one attached hydrogen (secondary N) is 2.